The lowest BCUT2D eigenvalue weighted by molar-refractivity contribution is 0.0955. The molecule has 124 valence electrons. The van der Waals surface area contributed by atoms with Gasteiger partial charge >= 0.3 is 0 Å². The molecule has 0 atom stereocenters. The number of carbonyl (C=O) groups is 1. The van der Waals surface area contributed by atoms with E-state index < -0.39 is 0 Å². The number of nitrogens with one attached hydrogen (secondary N) is 3. The summed E-state index contributed by atoms with van der Waals surface area (Å²) < 4.78 is 0. The summed E-state index contributed by atoms with van der Waals surface area (Å²) >= 11 is 1.42. The molecule has 25 heavy (non-hydrogen) atoms. The summed E-state index contributed by atoms with van der Waals surface area (Å²) in [5, 5.41) is 9.23. The molecule has 0 unspecified atom stereocenters. The topological polar surface area (TPSA) is 69.8 Å². The summed E-state index contributed by atoms with van der Waals surface area (Å²) in [6, 6.07) is 15.7. The monoisotopic (exact) mass is 348 g/mol. The largest absolute Gasteiger partial charge is 0.354 e. The highest BCUT2D eigenvalue weighted by molar-refractivity contribution is 7.12. The van der Waals surface area contributed by atoms with Gasteiger partial charge in [0.05, 0.1) is 11.4 Å². The summed E-state index contributed by atoms with van der Waals surface area (Å²) in [5.74, 6) is -0.0827. The molecule has 4 aromatic rings. The lowest BCUT2D eigenvalue weighted by Gasteiger charge is -2.09. The SMILES string of the molecule is O=C(NCc1ccccc1)c1sccc1Nc1ccnc2[nH]ccc12. The summed E-state index contributed by atoms with van der Waals surface area (Å²) in [6.45, 7) is 0.508. The van der Waals surface area contributed by atoms with Gasteiger partial charge in [0.1, 0.15) is 10.5 Å². The quantitative estimate of drug-likeness (QED) is 0.504. The molecule has 3 heterocycles. The number of nitrogens with zero attached hydrogens (tertiary/aromatic N) is 1. The van der Waals surface area contributed by atoms with Crippen LogP contribution >= 0.6 is 11.3 Å². The molecule has 1 aromatic carbocycles. The molecule has 3 aromatic heterocycles. The molecule has 0 saturated carbocycles. The Labute approximate surface area is 148 Å². The van der Waals surface area contributed by atoms with Crippen molar-refractivity contribution in [3.8, 4) is 0 Å². The number of fused-ring (bicyclic) bond motifs is 1. The van der Waals surface area contributed by atoms with Crippen LogP contribution in [0.1, 0.15) is 15.2 Å². The van der Waals surface area contributed by atoms with Crippen LogP contribution in [0.5, 0.6) is 0 Å². The van der Waals surface area contributed by atoms with E-state index in [1.54, 1.807) is 6.20 Å². The molecular weight excluding hydrogens is 332 g/mol. The molecule has 0 fully saturated rings. The average Bonchev–Trinajstić information content (AvgIpc) is 3.30. The summed E-state index contributed by atoms with van der Waals surface area (Å²) in [5.41, 5.74) is 3.60. The van der Waals surface area contributed by atoms with Crippen molar-refractivity contribution in [2.45, 2.75) is 6.54 Å². The lowest BCUT2D eigenvalue weighted by Crippen LogP contribution is -2.22. The summed E-state index contributed by atoms with van der Waals surface area (Å²) in [7, 11) is 0. The fraction of sp³-hybridized carbons (Fsp3) is 0.0526. The predicted molar refractivity (Wildman–Crippen MR) is 101 cm³/mol. The fourth-order valence-electron chi connectivity index (χ4n) is 2.66. The second-order valence-corrected chi connectivity index (χ2v) is 6.47. The molecule has 1 amide bonds. The maximum absolute atomic E-state index is 12.5. The minimum atomic E-state index is -0.0827. The number of anilines is 2. The van der Waals surface area contributed by atoms with E-state index in [1.807, 2.05) is 60.1 Å². The first-order valence-corrected chi connectivity index (χ1v) is 8.78. The fourth-order valence-corrected chi connectivity index (χ4v) is 3.42. The van der Waals surface area contributed by atoms with Crippen molar-refractivity contribution in [1.82, 2.24) is 15.3 Å². The van der Waals surface area contributed by atoms with Gasteiger partial charge in [-0.2, -0.15) is 0 Å². The van der Waals surface area contributed by atoms with Gasteiger partial charge in [0.25, 0.3) is 5.91 Å². The zero-order valence-electron chi connectivity index (χ0n) is 13.3. The van der Waals surface area contributed by atoms with Gasteiger partial charge in [-0.3, -0.25) is 4.79 Å². The molecule has 0 aliphatic heterocycles. The number of pyridine rings is 1. The van der Waals surface area contributed by atoms with Crippen molar-refractivity contribution in [3.05, 3.63) is 76.7 Å². The number of H-pyrrole nitrogens is 1. The third kappa shape index (κ3) is 3.25. The van der Waals surface area contributed by atoms with E-state index in [-0.39, 0.29) is 5.91 Å². The Morgan fingerprint density at radius 2 is 1.96 bits per heavy atom. The smallest absolute Gasteiger partial charge is 0.263 e. The van der Waals surface area contributed by atoms with Crippen molar-refractivity contribution in [3.63, 3.8) is 0 Å². The standard InChI is InChI=1S/C19H16N4OS/c24-19(22-12-13-4-2-1-3-5-13)17-16(8-11-25-17)23-15-7-10-21-18-14(15)6-9-20-18/h1-11H,12H2,(H,22,24)(H2,20,21,23). The third-order valence-electron chi connectivity index (χ3n) is 3.90. The Balaban J connectivity index is 1.52. The van der Waals surface area contributed by atoms with Crippen LogP contribution in [0.4, 0.5) is 11.4 Å². The first-order valence-electron chi connectivity index (χ1n) is 7.90. The van der Waals surface area contributed by atoms with E-state index in [4.69, 9.17) is 0 Å². The lowest BCUT2D eigenvalue weighted by atomic mass is 10.2. The van der Waals surface area contributed by atoms with Gasteiger partial charge < -0.3 is 15.6 Å². The molecule has 0 radical (unpaired) electrons. The predicted octanol–water partition coefficient (Wildman–Crippen LogP) is 4.30. The van der Waals surface area contributed by atoms with Gasteiger partial charge in [0.2, 0.25) is 0 Å². The van der Waals surface area contributed by atoms with Crippen LogP contribution in [-0.2, 0) is 6.54 Å². The van der Waals surface area contributed by atoms with Crippen molar-refractivity contribution in [2.24, 2.45) is 0 Å². The highest BCUT2D eigenvalue weighted by Crippen LogP contribution is 2.29. The van der Waals surface area contributed by atoms with Gasteiger partial charge in [-0.25, -0.2) is 4.98 Å². The van der Waals surface area contributed by atoms with E-state index in [1.165, 1.54) is 11.3 Å². The third-order valence-corrected chi connectivity index (χ3v) is 4.81. The van der Waals surface area contributed by atoms with Crippen molar-refractivity contribution in [2.75, 3.05) is 5.32 Å². The Bertz CT molecular complexity index is 1010. The van der Waals surface area contributed by atoms with Crippen LogP contribution in [0.3, 0.4) is 0 Å². The van der Waals surface area contributed by atoms with E-state index >= 15 is 0 Å². The number of carbonyl (C=O) groups excluding carboxylic acids is 1. The Morgan fingerprint density at radius 1 is 1.08 bits per heavy atom. The Hall–Kier alpha value is -3.12. The number of thiophene rings is 1. The normalized spacial score (nSPS) is 10.7. The zero-order valence-corrected chi connectivity index (χ0v) is 14.1. The van der Waals surface area contributed by atoms with Crippen molar-refractivity contribution < 1.29 is 4.79 Å². The Morgan fingerprint density at radius 3 is 2.84 bits per heavy atom. The number of hydrogen-bond acceptors (Lipinski definition) is 4. The molecule has 3 N–H and O–H groups in total. The molecule has 4 rings (SSSR count). The second kappa shape index (κ2) is 6.78. The van der Waals surface area contributed by atoms with Crippen LogP contribution < -0.4 is 10.6 Å². The second-order valence-electron chi connectivity index (χ2n) is 5.56. The zero-order chi connectivity index (χ0) is 17.1. The summed E-state index contributed by atoms with van der Waals surface area (Å²) in [6.07, 6.45) is 3.59. The molecule has 5 nitrogen and oxygen atoms in total. The number of aromatic nitrogens is 2. The maximum atomic E-state index is 12.5. The summed E-state index contributed by atoms with van der Waals surface area (Å²) in [4.78, 5) is 20.6. The van der Waals surface area contributed by atoms with E-state index in [0.29, 0.717) is 11.4 Å². The van der Waals surface area contributed by atoms with Crippen LogP contribution in [0.25, 0.3) is 11.0 Å². The molecule has 6 heteroatoms. The highest BCUT2D eigenvalue weighted by Gasteiger charge is 2.14. The maximum Gasteiger partial charge on any atom is 0.263 e. The van der Waals surface area contributed by atoms with Gasteiger partial charge in [-0.05, 0) is 29.1 Å². The van der Waals surface area contributed by atoms with Gasteiger partial charge in [0, 0.05) is 24.3 Å². The number of rotatable bonds is 5. The van der Waals surface area contributed by atoms with E-state index in [2.05, 4.69) is 20.6 Å². The molecular formula is C19H16N4OS. The van der Waals surface area contributed by atoms with Crippen molar-refractivity contribution in [1.29, 1.82) is 0 Å². The Kier molecular flexibility index (Phi) is 4.18. The van der Waals surface area contributed by atoms with E-state index in [9.17, 15) is 4.79 Å². The van der Waals surface area contributed by atoms with Gasteiger partial charge in [-0.1, -0.05) is 30.3 Å². The molecule has 0 aliphatic rings. The molecule has 0 bridgehead atoms. The number of aromatic amines is 1. The number of hydrogen-bond donors (Lipinski definition) is 3. The number of amides is 1. The first kappa shape index (κ1) is 15.4. The van der Waals surface area contributed by atoms with Crippen LogP contribution in [0.2, 0.25) is 0 Å². The van der Waals surface area contributed by atoms with E-state index in [0.717, 1.165) is 28.0 Å². The minimum absolute atomic E-state index is 0.0827. The molecule has 0 saturated heterocycles. The number of benzene rings is 1. The van der Waals surface area contributed by atoms with Crippen LogP contribution in [0, 0.1) is 0 Å². The van der Waals surface area contributed by atoms with Gasteiger partial charge in [0.15, 0.2) is 0 Å². The van der Waals surface area contributed by atoms with Crippen LogP contribution in [0.15, 0.2) is 66.3 Å². The van der Waals surface area contributed by atoms with Crippen molar-refractivity contribution >= 4 is 39.7 Å². The average molecular weight is 348 g/mol. The highest BCUT2D eigenvalue weighted by atomic mass is 32.1. The molecule has 0 aliphatic carbocycles. The minimum Gasteiger partial charge on any atom is -0.354 e. The van der Waals surface area contributed by atoms with Gasteiger partial charge in [-0.15, -0.1) is 11.3 Å². The molecule has 0 spiro atoms. The van der Waals surface area contributed by atoms with Crippen LogP contribution in [-0.4, -0.2) is 15.9 Å². The first-order chi connectivity index (χ1) is 12.3.